The molecule has 3 aromatic rings. The fourth-order valence-electron chi connectivity index (χ4n) is 5.19. The lowest BCUT2D eigenvalue weighted by molar-refractivity contribution is -0.131. The Bertz CT molecular complexity index is 1350. The van der Waals surface area contributed by atoms with E-state index in [1.165, 1.54) is 13.1 Å². The lowest BCUT2D eigenvalue weighted by Crippen LogP contribution is -2.59. The van der Waals surface area contributed by atoms with E-state index in [2.05, 4.69) is 47.0 Å². The van der Waals surface area contributed by atoms with Gasteiger partial charge in [-0.25, -0.2) is 4.68 Å². The van der Waals surface area contributed by atoms with E-state index in [1.54, 1.807) is 0 Å². The van der Waals surface area contributed by atoms with Crippen LogP contribution in [0.4, 0.5) is 5.82 Å². The van der Waals surface area contributed by atoms with Gasteiger partial charge in [0.15, 0.2) is 0 Å². The molecule has 2 aromatic carbocycles. The van der Waals surface area contributed by atoms with Gasteiger partial charge in [-0.3, -0.25) is 14.4 Å². The second-order valence-electron chi connectivity index (χ2n) is 10.8. The van der Waals surface area contributed by atoms with Crippen LogP contribution in [0.3, 0.4) is 0 Å². The normalized spacial score (nSPS) is 18.1. The van der Waals surface area contributed by atoms with Crippen molar-refractivity contribution in [1.82, 2.24) is 20.4 Å². The number of hydrogen-bond donors (Lipinski definition) is 4. The van der Waals surface area contributed by atoms with Gasteiger partial charge in [0.2, 0.25) is 5.91 Å². The van der Waals surface area contributed by atoms with Gasteiger partial charge in [0.05, 0.1) is 17.8 Å². The van der Waals surface area contributed by atoms with Gasteiger partial charge in [-0.1, -0.05) is 68.4 Å². The van der Waals surface area contributed by atoms with Crippen molar-refractivity contribution in [2.45, 2.75) is 77.0 Å². The lowest BCUT2D eigenvalue weighted by atomic mass is 9.84. The first-order valence-corrected chi connectivity index (χ1v) is 13.4. The van der Waals surface area contributed by atoms with Gasteiger partial charge >= 0.3 is 0 Å². The zero-order chi connectivity index (χ0) is 28.4. The van der Waals surface area contributed by atoms with E-state index in [0.717, 1.165) is 24.0 Å². The van der Waals surface area contributed by atoms with Crippen molar-refractivity contribution in [1.29, 1.82) is 0 Å². The van der Waals surface area contributed by atoms with Gasteiger partial charge in [0.1, 0.15) is 23.0 Å². The molecule has 0 bridgehead atoms. The summed E-state index contributed by atoms with van der Waals surface area (Å²) in [4.78, 5) is 39.4. The number of nitrogens with one attached hydrogen (secondary N) is 3. The first-order valence-electron chi connectivity index (χ1n) is 13.4. The van der Waals surface area contributed by atoms with Gasteiger partial charge in [-0.05, 0) is 56.7 Å². The fourth-order valence-corrected chi connectivity index (χ4v) is 5.19. The molecule has 0 spiro atoms. The summed E-state index contributed by atoms with van der Waals surface area (Å²) in [5.74, 6) is -1.03. The highest BCUT2D eigenvalue weighted by Gasteiger charge is 2.43. The smallest absolute Gasteiger partial charge is 0.257 e. The van der Waals surface area contributed by atoms with Crippen LogP contribution in [0.5, 0.6) is 0 Å². The minimum absolute atomic E-state index is 0.0193. The van der Waals surface area contributed by atoms with E-state index in [9.17, 15) is 14.4 Å². The molecule has 39 heavy (non-hydrogen) atoms. The summed E-state index contributed by atoms with van der Waals surface area (Å²) in [6.45, 7) is 9.57. The Hall–Kier alpha value is -4.14. The fraction of sp³-hybridized carbons (Fsp3) is 0.400. The Balaban J connectivity index is 1.73. The number of hydrogen-bond acceptors (Lipinski definition) is 5. The molecule has 9 heteroatoms. The topological polar surface area (TPSA) is 131 Å². The first-order chi connectivity index (χ1) is 18.5. The van der Waals surface area contributed by atoms with Crippen LogP contribution in [0.2, 0.25) is 0 Å². The van der Waals surface area contributed by atoms with Crippen molar-refractivity contribution in [2.24, 2.45) is 5.73 Å². The van der Waals surface area contributed by atoms with Crippen molar-refractivity contribution < 1.29 is 14.4 Å². The summed E-state index contributed by atoms with van der Waals surface area (Å²) in [6, 6.07) is 16.7. The van der Waals surface area contributed by atoms with Crippen LogP contribution in [-0.2, 0) is 27.1 Å². The monoisotopic (exact) mass is 530 g/mol. The van der Waals surface area contributed by atoms with Crippen LogP contribution in [0.1, 0.15) is 80.6 Å². The molecule has 5 N–H and O–H groups in total. The Morgan fingerprint density at radius 1 is 1.13 bits per heavy atom. The number of primary amides is 1. The van der Waals surface area contributed by atoms with E-state index in [1.807, 2.05) is 61.0 Å². The minimum atomic E-state index is -1.44. The van der Waals surface area contributed by atoms with Crippen molar-refractivity contribution in [3.05, 3.63) is 83.0 Å². The molecule has 3 atom stereocenters. The van der Waals surface area contributed by atoms with Crippen molar-refractivity contribution >= 4 is 23.5 Å². The second kappa shape index (κ2) is 10.9. The average molecular weight is 531 g/mol. The molecule has 0 saturated carbocycles. The molecule has 9 nitrogen and oxygen atoms in total. The molecular formula is C30H38N6O3. The minimum Gasteiger partial charge on any atom is -0.368 e. The van der Waals surface area contributed by atoms with Crippen LogP contribution in [0, 0.1) is 0 Å². The Labute approximate surface area is 229 Å². The Morgan fingerprint density at radius 2 is 1.79 bits per heavy atom. The van der Waals surface area contributed by atoms with E-state index >= 15 is 0 Å². The summed E-state index contributed by atoms with van der Waals surface area (Å²) in [6.07, 6.45) is 3.40. The zero-order valence-electron chi connectivity index (χ0n) is 23.2. The SMILES string of the molecule is CCc1ccc(C(CC)(NC(=O)c2cnn3c2NC(c2ccccc2)CC3(C)C)C(=O)N[C@@H](C)C(N)=O)cc1. The maximum atomic E-state index is 14.0. The quantitative estimate of drug-likeness (QED) is 0.335. The highest BCUT2D eigenvalue weighted by molar-refractivity contribution is 6.03. The summed E-state index contributed by atoms with van der Waals surface area (Å²) in [5.41, 5.74) is 6.80. The Kier molecular flexibility index (Phi) is 7.81. The molecule has 0 fully saturated rings. The maximum absolute atomic E-state index is 14.0. The number of amides is 3. The van der Waals surface area contributed by atoms with Crippen LogP contribution < -0.4 is 21.7 Å². The highest BCUT2D eigenvalue weighted by Crippen LogP contribution is 2.40. The molecular weight excluding hydrogens is 492 g/mol. The number of aryl methyl sites for hydroxylation is 1. The summed E-state index contributed by atoms with van der Waals surface area (Å²) in [7, 11) is 0. The van der Waals surface area contributed by atoms with Gasteiger partial charge in [0, 0.05) is 0 Å². The van der Waals surface area contributed by atoms with Crippen molar-refractivity contribution in [3.8, 4) is 0 Å². The number of benzene rings is 2. The molecule has 206 valence electrons. The predicted molar refractivity (Wildman–Crippen MR) is 151 cm³/mol. The standard InChI is InChI=1S/C30H38N6O3/c1-6-20-13-15-22(16-14-20)30(7-2,28(39)33-19(3)25(31)37)35-27(38)23-18-32-36-26(23)34-24(17-29(36,4)5)21-11-9-8-10-12-21/h8-16,18-19,24,34H,6-7,17H2,1-5H3,(H2,31,37)(H,33,39)(H,35,38)/t19-,24?,30?/m0/s1. The number of aromatic nitrogens is 2. The molecule has 3 amide bonds. The molecule has 4 rings (SSSR count). The third-order valence-corrected chi connectivity index (χ3v) is 7.68. The number of fused-ring (bicyclic) bond motifs is 1. The molecule has 2 unspecified atom stereocenters. The van der Waals surface area contributed by atoms with Gasteiger partial charge in [0.25, 0.3) is 11.8 Å². The summed E-state index contributed by atoms with van der Waals surface area (Å²) >= 11 is 0. The molecule has 2 heterocycles. The molecule has 1 aliphatic heterocycles. The molecule has 0 aliphatic carbocycles. The van der Waals surface area contributed by atoms with Gasteiger partial charge in [-0.15, -0.1) is 0 Å². The van der Waals surface area contributed by atoms with Gasteiger partial charge < -0.3 is 21.7 Å². The molecule has 0 radical (unpaired) electrons. The van der Waals surface area contributed by atoms with Crippen LogP contribution in [0.15, 0.2) is 60.8 Å². The number of rotatable bonds is 9. The van der Waals surface area contributed by atoms with Crippen LogP contribution in [0.25, 0.3) is 0 Å². The third-order valence-electron chi connectivity index (χ3n) is 7.68. The van der Waals surface area contributed by atoms with E-state index in [-0.39, 0.29) is 18.0 Å². The third kappa shape index (κ3) is 5.39. The van der Waals surface area contributed by atoms with Crippen molar-refractivity contribution in [3.63, 3.8) is 0 Å². The molecule has 0 saturated heterocycles. The van der Waals surface area contributed by atoms with E-state index in [0.29, 0.717) is 16.9 Å². The number of nitrogens with zero attached hydrogens (tertiary/aromatic N) is 2. The maximum Gasteiger partial charge on any atom is 0.257 e. The van der Waals surface area contributed by atoms with Gasteiger partial charge in [-0.2, -0.15) is 5.10 Å². The van der Waals surface area contributed by atoms with Crippen LogP contribution in [-0.4, -0.2) is 33.5 Å². The summed E-state index contributed by atoms with van der Waals surface area (Å²) in [5, 5.41) is 13.8. The number of nitrogens with two attached hydrogens (primary N) is 1. The predicted octanol–water partition coefficient (Wildman–Crippen LogP) is 3.76. The molecule has 1 aliphatic rings. The Morgan fingerprint density at radius 3 is 2.38 bits per heavy atom. The largest absolute Gasteiger partial charge is 0.368 e. The zero-order valence-corrected chi connectivity index (χ0v) is 23.2. The second-order valence-corrected chi connectivity index (χ2v) is 10.8. The lowest BCUT2D eigenvalue weighted by Gasteiger charge is -2.38. The number of carbonyl (C=O) groups is 3. The van der Waals surface area contributed by atoms with Crippen LogP contribution >= 0.6 is 0 Å². The molecule has 1 aromatic heterocycles. The number of carbonyl (C=O) groups excluding carboxylic acids is 3. The van der Waals surface area contributed by atoms with Crippen molar-refractivity contribution in [2.75, 3.05) is 5.32 Å². The summed E-state index contributed by atoms with van der Waals surface area (Å²) < 4.78 is 1.83. The first kappa shape index (κ1) is 27.9. The van der Waals surface area contributed by atoms with E-state index in [4.69, 9.17) is 5.73 Å². The highest BCUT2D eigenvalue weighted by atomic mass is 16.2. The van der Waals surface area contributed by atoms with E-state index < -0.39 is 29.3 Å². The average Bonchev–Trinajstić information content (AvgIpc) is 3.37. The number of anilines is 1.